The lowest BCUT2D eigenvalue weighted by Gasteiger charge is -2.22. The van der Waals surface area contributed by atoms with Crippen molar-refractivity contribution in [3.63, 3.8) is 0 Å². The van der Waals surface area contributed by atoms with Gasteiger partial charge in [0.25, 0.3) is 5.91 Å². The lowest BCUT2D eigenvalue weighted by molar-refractivity contribution is -0.124. The summed E-state index contributed by atoms with van der Waals surface area (Å²) in [6.45, 7) is 1.49. The Balaban J connectivity index is 1.95. The van der Waals surface area contributed by atoms with Gasteiger partial charge in [0.05, 0.1) is 11.6 Å². The summed E-state index contributed by atoms with van der Waals surface area (Å²) < 4.78 is 6.12. The summed E-state index contributed by atoms with van der Waals surface area (Å²) in [6, 6.07) is 7.11. The Hall–Kier alpha value is -1.87. The van der Waals surface area contributed by atoms with Crippen molar-refractivity contribution < 1.29 is 14.3 Å². The Bertz CT molecular complexity index is 607. The van der Waals surface area contributed by atoms with Crippen LogP contribution in [0.15, 0.2) is 22.7 Å². The molecule has 2 rings (SSSR count). The molecule has 0 aliphatic heterocycles. The van der Waals surface area contributed by atoms with Gasteiger partial charge < -0.3 is 10.1 Å². The predicted octanol–water partition coefficient (Wildman–Crippen LogP) is 2.45. The van der Waals surface area contributed by atoms with Crippen molar-refractivity contribution in [3.05, 3.63) is 28.2 Å². The number of benzene rings is 1. The fourth-order valence-electron chi connectivity index (χ4n) is 2.09. The van der Waals surface area contributed by atoms with Gasteiger partial charge in [0.15, 0.2) is 12.9 Å². The standard InChI is InChI=1S/C15H15BrN2O3/c1-15(9-17,11-2-3-11)18-14(20)8-21-13-5-4-12(16)6-10(13)7-19/h4-7,11H,2-3,8H2,1H3,(H,18,20)/t15-/m0/s1. The number of carbonyl (C=O) groups excluding carboxylic acids is 2. The number of rotatable bonds is 6. The van der Waals surface area contributed by atoms with Crippen LogP contribution in [0, 0.1) is 17.2 Å². The first-order valence-corrected chi connectivity index (χ1v) is 7.37. The van der Waals surface area contributed by atoms with Gasteiger partial charge in [-0.3, -0.25) is 9.59 Å². The van der Waals surface area contributed by atoms with Crippen LogP contribution in [0.1, 0.15) is 30.1 Å². The second kappa shape index (κ2) is 6.27. The molecule has 0 aromatic heterocycles. The summed E-state index contributed by atoms with van der Waals surface area (Å²) in [4.78, 5) is 22.9. The molecule has 0 bridgehead atoms. The number of hydrogen-bond donors (Lipinski definition) is 1. The molecule has 0 heterocycles. The van der Waals surface area contributed by atoms with Crippen LogP contribution in [-0.2, 0) is 4.79 Å². The number of aldehydes is 1. The highest BCUT2D eigenvalue weighted by Gasteiger charge is 2.43. The molecule has 21 heavy (non-hydrogen) atoms. The van der Waals surface area contributed by atoms with Crippen LogP contribution in [0.3, 0.4) is 0 Å². The van der Waals surface area contributed by atoms with Gasteiger partial charge in [-0.05, 0) is 43.9 Å². The zero-order valence-corrected chi connectivity index (χ0v) is 13.1. The summed E-state index contributed by atoms with van der Waals surface area (Å²) in [5, 5.41) is 11.9. The van der Waals surface area contributed by atoms with Crippen LogP contribution < -0.4 is 10.1 Å². The first kappa shape index (κ1) is 15.5. The third kappa shape index (κ3) is 3.82. The topological polar surface area (TPSA) is 79.2 Å². The number of nitrogens with one attached hydrogen (secondary N) is 1. The molecule has 0 saturated heterocycles. The van der Waals surface area contributed by atoms with Crippen molar-refractivity contribution >= 4 is 28.1 Å². The third-order valence-electron chi connectivity index (χ3n) is 3.48. The van der Waals surface area contributed by atoms with Gasteiger partial charge in [-0.1, -0.05) is 15.9 Å². The van der Waals surface area contributed by atoms with Crippen molar-refractivity contribution in [2.45, 2.75) is 25.3 Å². The smallest absolute Gasteiger partial charge is 0.259 e. The van der Waals surface area contributed by atoms with E-state index in [1.165, 1.54) is 0 Å². The molecule has 0 spiro atoms. The molecule has 110 valence electrons. The zero-order chi connectivity index (χ0) is 15.5. The van der Waals surface area contributed by atoms with Crippen molar-refractivity contribution in [3.8, 4) is 11.8 Å². The van der Waals surface area contributed by atoms with Gasteiger partial charge >= 0.3 is 0 Å². The van der Waals surface area contributed by atoms with Crippen LogP contribution in [0.2, 0.25) is 0 Å². The number of nitriles is 1. The van der Waals surface area contributed by atoms with E-state index in [0.717, 1.165) is 17.3 Å². The monoisotopic (exact) mass is 350 g/mol. The van der Waals surface area contributed by atoms with Crippen LogP contribution in [0.25, 0.3) is 0 Å². The fourth-order valence-corrected chi connectivity index (χ4v) is 2.47. The molecule has 1 aliphatic rings. The van der Waals surface area contributed by atoms with Gasteiger partial charge in [-0.25, -0.2) is 0 Å². The maximum atomic E-state index is 11.9. The Morgan fingerprint density at radius 1 is 1.62 bits per heavy atom. The van der Waals surface area contributed by atoms with E-state index in [1.54, 1.807) is 25.1 Å². The zero-order valence-electron chi connectivity index (χ0n) is 11.6. The number of halogens is 1. The highest BCUT2D eigenvalue weighted by Crippen LogP contribution is 2.39. The molecule has 1 N–H and O–H groups in total. The van der Waals surface area contributed by atoms with E-state index < -0.39 is 5.54 Å². The first-order chi connectivity index (χ1) is 9.98. The van der Waals surface area contributed by atoms with Crippen molar-refractivity contribution in [2.24, 2.45) is 5.92 Å². The van der Waals surface area contributed by atoms with Crippen molar-refractivity contribution in [1.82, 2.24) is 5.32 Å². The van der Waals surface area contributed by atoms with Gasteiger partial charge in [-0.2, -0.15) is 5.26 Å². The minimum atomic E-state index is -0.840. The maximum Gasteiger partial charge on any atom is 0.259 e. The first-order valence-electron chi connectivity index (χ1n) is 6.58. The second-order valence-corrected chi connectivity index (χ2v) is 6.14. The summed E-state index contributed by atoms with van der Waals surface area (Å²) in [6.07, 6.45) is 2.57. The minimum Gasteiger partial charge on any atom is -0.483 e. The maximum absolute atomic E-state index is 11.9. The molecule has 1 atom stereocenters. The quantitative estimate of drug-likeness (QED) is 0.799. The van der Waals surface area contributed by atoms with Crippen LogP contribution >= 0.6 is 15.9 Å². The highest BCUT2D eigenvalue weighted by atomic mass is 79.9. The highest BCUT2D eigenvalue weighted by molar-refractivity contribution is 9.10. The SMILES string of the molecule is C[C@@](C#N)(NC(=O)COc1ccc(Br)cc1C=O)C1CC1. The molecule has 1 amide bonds. The second-order valence-electron chi connectivity index (χ2n) is 5.23. The Morgan fingerprint density at radius 2 is 2.33 bits per heavy atom. The molecule has 1 aliphatic carbocycles. The molecule has 1 fully saturated rings. The number of amides is 1. The van der Waals surface area contributed by atoms with Crippen LogP contribution in [0.4, 0.5) is 0 Å². The van der Waals surface area contributed by atoms with Gasteiger partial charge in [-0.15, -0.1) is 0 Å². The molecule has 1 aromatic rings. The molecule has 5 nitrogen and oxygen atoms in total. The van der Waals surface area contributed by atoms with Crippen molar-refractivity contribution in [1.29, 1.82) is 5.26 Å². The molecular formula is C15H15BrN2O3. The van der Waals surface area contributed by atoms with E-state index in [0.29, 0.717) is 17.6 Å². The molecule has 6 heteroatoms. The Kier molecular flexibility index (Phi) is 4.63. The fraction of sp³-hybridized carbons (Fsp3) is 0.400. The Morgan fingerprint density at radius 3 is 2.90 bits per heavy atom. The summed E-state index contributed by atoms with van der Waals surface area (Å²) in [5.41, 5.74) is -0.476. The van der Waals surface area contributed by atoms with Gasteiger partial charge in [0, 0.05) is 4.47 Å². The van der Waals surface area contributed by atoms with E-state index in [-0.39, 0.29) is 18.4 Å². The number of nitrogens with zero attached hydrogens (tertiary/aromatic N) is 1. The number of ether oxygens (including phenoxy) is 1. The van der Waals surface area contributed by atoms with E-state index in [2.05, 4.69) is 27.3 Å². The molecule has 0 unspecified atom stereocenters. The number of carbonyl (C=O) groups is 2. The van der Waals surface area contributed by atoms with Crippen molar-refractivity contribution in [2.75, 3.05) is 6.61 Å². The van der Waals surface area contributed by atoms with E-state index in [1.807, 2.05) is 0 Å². The van der Waals surface area contributed by atoms with E-state index >= 15 is 0 Å². The lowest BCUT2D eigenvalue weighted by atomic mass is 9.98. The van der Waals surface area contributed by atoms with Crippen LogP contribution in [0.5, 0.6) is 5.75 Å². The summed E-state index contributed by atoms with van der Waals surface area (Å²) >= 11 is 3.26. The summed E-state index contributed by atoms with van der Waals surface area (Å²) in [5.74, 6) is 0.184. The minimum absolute atomic E-state index is 0.213. The van der Waals surface area contributed by atoms with Crippen LogP contribution in [-0.4, -0.2) is 24.3 Å². The molecular weight excluding hydrogens is 336 g/mol. The molecule has 1 saturated carbocycles. The van der Waals surface area contributed by atoms with Gasteiger partial charge in [0.2, 0.25) is 0 Å². The summed E-state index contributed by atoms with van der Waals surface area (Å²) in [7, 11) is 0. The van der Waals surface area contributed by atoms with Gasteiger partial charge in [0.1, 0.15) is 11.3 Å². The normalized spacial score (nSPS) is 16.4. The lowest BCUT2D eigenvalue weighted by Crippen LogP contribution is -2.48. The average molecular weight is 351 g/mol. The predicted molar refractivity (Wildman–Crippen MR) is 79.9 cm³/mol. The van der Waals surface area contributed by atoms with E-state index in [4.69, 9.17) is 4.74 Å². The Labute approximate surface area is 131 Å². The molecule has 1 aromatic carbocycles. The third-order valence-corrected chi connectivity index (χ3v) is 3.98. The largest absolute Gasteiger partial charge is 0.483 e. The average Bonchev–Trinajstić information content (AvgIpc) is 3.30. The van der Waals surface area contributed by atoms with E-state index in [9.17, 15) is 14.9 Å². The number of hydrogen-bond acceptors (Lipinski definition) is 4. The molecule has 0 radical (unpaired) electrons.